The van der Waals surface area contributed by atoms with Gasteiger partial charge in [0.1, 0.15) is 6.04 Å². The van der Waals surface area contributed by atoms with Crippen LogP contribution >= 0.6 is 0 Å². The lowest BCUT2D eigenvalue weighted by Gasteiger charge is -2.22. The monoisotopic (exact) mass is 354 g/mol. The summed E-state index contributed by atoms with van der Waals surface area (Å²) in [6.45, 7) is 0. The number of carboxylic acids is 1. The molecule has 0 spiro atoms. The number of nitrogens with zero attached hydrogens (tertiary/aromatic N) is 1. The molecule has 0 radical (unpaired) electrons. The summed E-state index contributed by atoms with van der Waals surface area (Å²) in [7, 11) is 3.26. The van der Waals surface area contributed by atoms with Gasteiger partial charge >= 0.3 is 5.97 Å². The average molecular weight is 354 g/mol. The van der Waals surface area contributed by atoms with Crippen molar-refractivity contribution < 1.29 is 19.5 Å². The molecule has 2 amide bonds. The quantitative estimate of drug-likeness (QED) is 0.793. The number of carbonyl (C=O) groups is 3. The Morgan fingerprint density at radius 2 is 1.62 bits per heavy atom. The van der Waals surface area contributed by atoms with Crippen LogP contribution < -0.4 is 5.32 Å². The smallest absolute Gasteiger partial charge is 0.335 e. The molecule has 26 heavy (non-hydrogen) atoms. The van der Waals surface area contributed by atoms with Gasteiger partial charge in [0.2, 0.25) is 11.8 Å². The summed E-state index contributed by atoms with van der Waals surface area (Å²) in [6.07, 6.45) is 0.263. The largest absolute Gasteiger partial charge is 0.478 e. The minimum absolute atomic E-state index is 0.0844. The highest BCUT2D eigenvalue weighted by molar-refractivity contribution is 5.93. The highest BCUT2D eigenvalue weighted by atomic mass is 16.4. The van der Waals surface area contributed by atoms with Crippen LogP contribution in [0, 0.1) is 0 Å². The van der Waals surface area contributed by atoms with E-state index >= 15 is 0 Å². The highest BCUT2D eigenvalue weighted by Crippen LogP contribution is 2.11. The van der Waals surface area contributed by atoms with Crippen LogP contribution in [-0.4, -0.2) is 47.9 Å². The van der Waals surface area contributed by atoms with Gasteiger partial charge in [-0.05, 0) is 17.2 Å². The van der Waals surface area contributed by atoms with Crippen LogP contribution in [0.1, 0.15) is 21.5 Å². The van der Waals surface area contributed by atoms with Gasteiger partial charge in [0.05, 0.1) is 12.0 Å². The van der Waals surface area contributed by atoms with E-state index in [4.69, 9.17) is 0 Å². The zero-order valence-corrected chi connectivity index (χ0v) is 14.8. The van der Waals surface area contributed by atoms with Crippen LogP contribution in [-0.2, 0) is 22.4 Å². The van der Waals surface area contributed by atoms with E-state index in [9.17, 15) is 19.5 Å². The SMILES string of the molecule is CN(C)C(=O)C(Cc1ccccc1)NC(=O)Cc1ccccc1C(=O)O. The zero-order chi connectivity index (χ0) is 19.1. The fourth-order valence-corrected chi connectivity index (χ4v) is 2.66. The van der Waals surface area contributed by atoms with E-state index in [1.54, 1.807) is 32.3 Å². The summed E-state index contributed by atoms with van der Waals surface area (Å²) in [6, 6.07) is 15.0. The van der Waals surface area contributed by atoms with Crippen molar-refractivity contribution >= 4 is 17.8 Å². The van der Waals surface area contributed by atoms with Crippen molar-refractivity contribution in [3.8, 4) is 0 Å². The van der Waals surface area contributed by atoms with E-state index in [0.717, 1.165) is 5.56 Å². The Balaban J connectivity index is 2.13. The number of hydrogen-bond acceptors (Lipinski definition) is 3. The number of likely N-dealkylation sites (N-methyl/N-ethyl adjacent to an activating group) is 1. The van der Waals surface area contributed by atoms with Gasteiger partial charge in [-0.3, -0.25) is 9.59 Å². The van der Waals surface area contributed by atoms with Crippen molar-refractivity contribution in [2.75, 3.05) is 14.1 Å². The average Bonchev–Trinajstić information content (AvgIpc) is 2.61. The van der Waals surface area contributed by atoms with Crippen LogP contribution in [0.2, 0.25) is 0 Å². The summed E-state index contributed by atoms with van der Waals surface area (Å²) in [5, 5.41) is 12.0. The highest BCUT2D eigenvalue weighted by Gasteiger charge is 2.23. The van der Waals surface area contributed by atoms with Crippen molar-refractivity contribution in [2.45, 2.75) is 18.9 Å². The van der Waals surface area contributed by atoms with Crippen molar-refractivity contribution in [1.29, 1.82) is 0 Å². The van der Waals surface area contributed by atoms with Crippen molar-refractivity contribution in [1.82, 2.24) is 10.2 Å². The Hall–Kier alpha value is -3.15. The lowest BCUT2D eigenvalue weighted by atomic mass is 10.0. The molecule has 2 aromatic rings. The number of aromatic carboxylic acids is 1. The summed E-state index contributed by atoms with van der Waals surface area (Å²) >= 11 is 0. The van der Waals surface area contributed by atoms with Gasteiger partial charge in [0.25, 0.3) is 0 Å². The van der Waals surface area contributed by atoms with E-state index in [1.807, 2.05) is 30.3 Å². The second-order valence-electron chi connectivity index (χ2n) is 6.18. The van der Waals surface area contributed by atoms with E-state index in [2.05, 4.69) is 5.32 Å². The van der Waals surface area contributed by atoms with Crippen LogP contribution in [0.15, 0.2) is 54.6 Å². The number of benzene rings is 2. The molecule has 6 nitrogen and oxygen atoms in total. The maximum atomic E-state index is 12.4. The first-order valence-corrected chi connectivity index (χ1v) is 8.24. The van der Waals surface area contributed by atoms with E-state index < -0.39 is 17.9 Å². The Labute approximate surface area is 152 Å². The number of nitrogens with one attached hydrogen (secondary N) is 1. The Morgan fingerprint density at radius 1 is 1.00 bits per heavy atom. The molecular weight excluding hydrogens is 332 g/mol. The summed E-state index contributed by atoms with van der Waals surface area (Å²) in [4.78, 5) is 37.6. The predicted molar refractivity (Wildman–Crippen MR) is 97.9 cm³/mol. The van der Waals surface area contributed by atoms with Gasteiger partial charge in [-0.1, -0.05) is 48.5 Å². The van der Waals surface area contributed by atoms with E-state index in [0.29, 0.717) is 12.0 Å². The lowest BCUT2D eigenvalue weighted by molar-refractivity contribution is -0.134. The molecule has 0 aromatic heterocycles. The van der Waals surface area contributed by atoms with E-state index in [1.165, 1.54) is 11.0 Å². The molecule has 2 rings (SSSR count). The third-order valence-electron chi connectivity index (χ3n) is 3.96. The van der Waals surface area contributed by atoms with Crippen molar-refractivity contribution in [3.63, 3.8) is 0 Å². The van der Waals surface area contributed by atoms with Crippen LogP contribution in [0.5, 0.6) is 0 Å². The second-order valence-corrected chi connectivity index (χ2v) is 6.18. The molecule has 2 N–H and O–H groups in total. The molecule has 0 aliphatic carbocycles. The molecule has 0 heterocycles. The van der Waals surface area contributed by atoms with Gasteiger partial charge in [0.15, 0.2) is 0 Å². The molecule has 2 aromatic carbocycles. The van der Waals surface area contributed by atoms with Gasteiger partial charge in [-0.25, -0.2) is 4.79 Å². The van der Waals surface area contributed by atoms with Crippen LogP contribution in [0.3, 0.4) is 0 Å². The second kappa shape index (κ2) is 8.80. The zero-order valence-electron chi connectivity index (χ0n) is 14.8. The standard InChI is InChI=1S/C20H22N2O4/c1-22(2)19(24)17(12-14-8-4-3-5-9-14)21-18(23)13-15-10-6-7-11-16(15)20(25)26/h3-11,17H,12-13H2,1-2H3,(H,21,23)(H,25,26). The molecule has 0 bridgehead atoms. The Morgan fingerprint density at radius 3 is 2.23 bits per heavy atom. The fourth-order valence-electron chi connectivity index (χ4n) is 2.66. The number of carbonyl (C=O) groups excluding carboxylic acids is 2. The van der Waals surface area contributed by atoms with Gasteiger partial charge in [0, 0.05) is 20.5 Å². The molecule has 0 fully saturated rings. The molecule has 1 unspecified atom stereocenters. The predicted octanol–water partition coefficient (Wildman–Crippen LogP) is 1.74. The fraction of sp³-hybridized carbons (Fsp3) is 0.250. The normalized spacial score (nSPS) is 11.5. The minimum Gasteiger partial charge on any atom is -0.478 e. The van der Waals surface area contributed by atoms with Crippen molar-refractivity contribution in [2.24, 2.45) is 0 Å². The van der Waals surface area contributed by atoms with Gasteiger partial charge in [-0.2, -0.15) is 0 Å². The molecule has 0 saturated carbocycles. The lowest BCUT2D eigenvalue weighted by Crippen LogP contribution is -2.48. The topological polar surface area (TPSA) is 86.7 Å². The first-order valence-electron chi connectivity index (χ1n) is 8.24. The first-order chi connectivity index (χ1) is 12.4. The third kappa shape index (κ3) is 5.17. The molecule has 1 atom stereocenters. The van der Waals surface area contributed by atoms with E-state index in [-0.39, 0.29) is 17.9 Å². The van der Waals surface area contributed by atoms with Crippen molar-refractivity contribution in [3.05, 3.63) is 71.3 Å². The van der Waals surface area contributed by atoms with Gasteiger partial charge < -0.3 is 15.3 Å². The Kier molecular flexibility index (Phi) is 6.49. The summed E-state index contributed by atoms with van der Waals surface area (Å²) in [5.74, 6) is -1.69. The molecule has 0 aliphatic rings. The Bertz CT molecular complexity index is 787. The van der Waals surface area contributed by atoms with Gasteiger partial charge in [-0.15, -0.1) is 0 Å². The number of hydrogen-bond donors (Lipinski definition) is 2. The maximum Gasteiger partial charge on any atom is 0.335 e. The van der Waals surface area contributed by atoms with Crippen LogP contribution in [0.4, 0.5) is 0 Å². The summed E-state index contributed by atoms with van der Waals surface area (Å²) < 4.78 is 0. The molecule has 136 valence electrons. The molecule has 0 aliphatic heterocycles. The minimum atomic E-state index is -1.08. The number of rotatable bonds is 7. The first kappa shape index (κ1) is 19.2. The van der Waals surface area contributed by atoms with Crippen LogP contribution in [0.25, 0.3) is 0 Å². The molecule has 0 saturated heterocycles. The number of amides is 2. The molecular formula is C20H22N2O4. The third-order valence-corrected chi connectivity index (χ3v) is 3.96. The molecule has 6 heteroatoms. The maximum absolute atomic E-state index is 12.4. The number of carboxylic acid groups (broad SMARTS) is 1. The summed E-state index contributed by atoms with van der Waals surface area (Å²) in [5.41, 5.74) is 1.42.